The summed E-state index contributed by atoms with van der Waals surface area (Å²) < 4.78 is 4.97. The van der Waals surface area contributed by atoms with E-state index in [1.54, 1.807) is 34.6 Å². The Labute approximate surface area is 89.7 Å². The third kappa shape index (κ3) is 4.72. The zero-order valence-corrected chi connectivity index (χ0v) is 9.81. The molecule has 5 nitrogen and oxygen atoms in total. The SMILES string of the molecule is CC(C)[C@@H](O)C(=[N+]=[N-])C(=O)OC(C)(C)C. The van der Waals surface area contributed by atoms with Crippen LogP contribution in [-0.2, 0) is 9.53 Å². The van der Waals surface area contributed by atoms with Crippen LogP contribution < -0.4 is 0 Å². The molecule has 0 aromatic heterocycles. The van der Waals surface area contributed by atoms with Crippen molar-refractivity contribution in [3.63, 3.8) is 0 Å². The van der Waals surface area contributed by atoms with Crippen molar-refractivity contribution in [3.8, 4) is 0 Å². The number of hydrogen-bond donors (Lipinski definition) is 1. The van der Waals surface area contributed by atoms with E-state index in [9.17, 15) is 9.90 Å². The van der Waals surface area contributed by atoms with Crippen LogP contribution >= 0.6 is 0 Å². The van der Waals surface area contributed by atoms with Crippen molar-refractivity contribution in [1.82, 2.24) is 0 Å². The minimum absolute atomic E-state index is 0.219. The smallest absolute Gasteiger partial charge is 0.420 e. The maximum absolute atomic E-state index is 11.5. The van der Waals surface area contributed by atoms with Gasteiger partial charge in [-0.2, -0.15) is 4.79 Å². The van der Waals surface area contributed by atoms with Gasteiger partial charge in [0.25, 0.3) is 0 Å². The highest BCUT2D eigenvalue weighted by Crippen LogP contribution is 2.10. The van der Waals surface area contributed by atoms with E-state index in [0.29, 0.717) is 0 Å². The predicted molar refractivity (Wildman–Crippen MR) is 55.3 cm³/mol. The topological polar surface area (TPSA) is 82.9 Å². The highest BCUT2D eigenvalue weighted by atomic mass is 16.6. The van der Waals surface area contributed by atoms with Gasteiger partial charge in [0, 0.05) is 0 Å². The van der Waals surface area contributed by atoms with Gasteiger partial charge in [-0.25, -0.2) is 4.79 Å². The first kappa shape index (κ1) is 13.8. The summed E-state index contributed by atoms with van der Waals surface area (Å²) >= 11 is 0. The molecule has 5 heteroatoms. The monoisotopic (exact) mass is 214 g/mol. The fourth-order valence-corrected chi connectivity index (χ4v) is 0.867. The first-order valence-electron chi connectivity index (χ1n) is 4.82. The highest BCUT2D eigenvalue weighted by Gasteiger charge is 2.35. The second-order valence-electron chi connectivity index (χ2n) is 4.68. The zero-order valence-electron chi connectivity index (χ0n) is 9.81. The number of carbonyl (C=O) groups excluding carboxylic acids is 1. The quantitative estimate of drug-likeness (QED) is 0.329. The van der Waals surface area contributed by atoms with Crippen LogP contribution in [0.25, 0.3) is 5.53 Å². The average Bonchev–Trinajstić information content (AvgIpc) is 2.01. The molecule has 0 rings (SSSR count). The summed E-state index contributed by atoms with van der Waals surface area (Å²) in [5, 5.41) is 9.56. The molecule has 0 saturated heterocycles. The lowest BCUT2D eigenvalue weighted by Gasteiger charge is -2.19. The van der Waals surface area contributed by atoms with Crippen LogP contribution in [0.3, 0.4) is 0 Å². The molecular formula is C10H18N2O3. The Balaban J connectivity index is 4.73. The van der Waals surface area contributed by atoms with Crippen LogP contribution in [0.15, 0.2) is 0 Å². The number of carbonyl (C=O) groups is 1. The molecule has 0 amide bonds. The molecule has 0 unspecified atom stereocenters. The van der Waals surface area contributed by atoms with Crippen molar-refractivity contribution >= 4 is 11.7 Å². The molecular weight excluding hydrogens is 196 g/mol. The zero-order chi connectivity index (χ0) is 12.2. The maximum Gasteiger partial charge on any atom is 0.420 e. The van der Waals surface area contributed by atoms with Gasteiger partial charge in [-0.1, -0.05) is 13.8 Å². The van der Waals surface area contributed by atoms with Crippen molar-refractivity contribution in [1.29, 1.82) is 0 Å². The molecule has 15 heavy (non-hydrogen) atoms. The Morgan fingerprint density at radius 1 is 1.40 bits per heavy atom. The Kier molecular flexibility index (Phi) is 4.65. The van der Waals surface area contributed by atoms with Crippen LogP contribution in [0, 0.1) is 5.92 Å². The van der Waals surface area contributed by atoms with E-state index >= 15 is 0 Å². The van der Waals surface area contributed by atoms with E-state index < -0.39 is 17.7 Å². The van der Waals surface area contributed by atoms with Gasteiger partial charge < -0.3 is 15.4 Å². The van der Waals surface area contributed by atoms with E-state index in [4.69, 9.17) is 10.3 Å². The van der Waals surface area contributed by atoms with E-state index in [1.807, 2.05) is 0 Å². The second kappa shape index (κ2) is 5.05. The third-order valence-corrected chi connectivity index (χ3v) is 1.63. The van der Waals surface area contributed by atoms with Gasteiger partial charge in [0.05, 0.1) is 0 Å². The third-order valence-electron chi connectivity index (χ3n) is 1.63. The number of hydrogen-bond acceptors (Lipinski definition) is 3. The molecule has 0 aromatic rings. The highest BCUT2D eigenvalue weighted by molar-refractivity contribution is 6.35. The van der Waals surface area contributed by atoms with E-state index in [0.717, 1.165) is 0 Å². The van der Waals surface area contributed by atoms with Crippen LogP contribution in [0.2, 0.25) is 0 Å². The Hall–Kier alpha value is -1.19. The van der Waals surface area contributed by atoms with Crippen molar-refractivity contribution in [2.24, 2.45) is 5.92 Å². The van der Waals surface area contributed by atoms with Gasteiger partial charge in [-0.15, -0.1) is 0 Å². The number of ether oxygens (including phenoxy) is 1. The summed E-state index contributed by atoms with van der Waals surface area (Å²) in [6.07, 6.45) is -1.12. The average molecular weight is 214 g/mol. The molecule has 0 aliphatic heterocycles. The minimum Gasteiger partial charge on any atom is -0.451 e. The number of aliphatic hydroxyl groups excluding tert-OH is 1. The Morgan fingerprint density at radius 2 is 1.87 bits per heavy atom. The van der Waals surface area contributed by atoms with Crippen LogP contribution in [0.5, 0.6) is 0 Å². The van der Waals surface area contributed by atoms with Crippen molar-refractivity contribution < 1.29 is 19.4 Å². The largest absolute Gasteiger partial charge is 0.451 e. The molecule has 0 heterocycles. The van der Waals surface area contributed by atoms with Gasteiger partial charge in [0.1, 0.15) is 5.60 Å². The Morgan fingerprint density at radius 3 is 2.13 bits per heavy atom. The second-order valence-corrected chi connectivity index (χ2v) is 4.68. The molecule has 1 N–H and O–H groups in total. The predicted octanol–water partition coefficient (Wildman–Crippen LogP) is 1.02. The van der Waals surface area contributed by atoms with Gasteiger partial charge in [0.2, 0.25) is 0 Å². The first-order valence-corrected chi connectivity index (χ1v) is 4.82. The summed E-state index contributed by atoms with van der Waals surface area (Å²) in [5.41, 5.74) is 7.60. The van der Waals surface area contributed by atoms with Gasteiger partial charge in [-0.3, -0.25) is 0 Å². The van der Waals surface area contributed by atoms with E-state index in [-0.39, 0.29) is 11.6 Å². The minimum atomic E-state index is -1.12. The summed E-state index contributed by atoms with van der Waals surface area (Å²) in [4.78, 5) is 14.2. The van der Waals surface area contributed by atoms with Crippen molar-refractivity contribution in [2.45, 2.75) is 46.3 Å². The molecule has 0 radical (unpaired) electrons. The van der Waals surface area contributed by atoms with Crippen LogP contribution in [0.1, 0.15) is 34.6 Å². The molecule has 0 aliphatic rings. The Bertz CT molecular complexity index is 286. The number of esters is 1. The fraction of sp³-hybridized carbons (Fsp3) is 0.800. The standard InChI is InChI=1S/C10H18N2O3/c1-6(2)8(13)7(12-11)9(14)15-10(3,4)5/h6,8,13H,1-5H3/t8-/m1/s1. The van der Waals surface area contributed by atoms with Gasteiger partial charge in [-0.05, 0) is 26.7 Å². The number of rotatable bonds is 3. The molecule has 0 saturated carbocycles. The molecule has 0 bridgehead atoms. The molecule has 1 atom stereocenters. The number of aliphatic hydroxyl groups is 1. The van der Waals surface area contributed by atoms with Crippen molar-refractivity contribution in [3.05, 3.63) is 5.53 Å². The molecule has 86 valence electrons. The molecule has 0 fully saturated rings. The van der Waals surface area contributed by atoms with Crippen LogP contribution in [0.4, 0.5) is 0 Å². The molecule has 0 spiro atoms. The van der Waals surface area contributed by atoms with Crippen LogP contribution in [-0.4, -0.2) is 33.3 Å². The van der Waals surface area contributed by atoms with Gasteiger partial charge in [0.15, 0.2) is 6.10 Å². The maximum atomic E-state index is 11.5. The lowest BCUT2D eigenvalue weighted by molar-refractivity contribution is -0.152. The lowest BCUT2D eigenvalue weighted by atomic mass is 10.0. The first-order chi connectivity index (χ1) is 6.69. The summed E-state index contributed by atoms with van der Waals surface area (Å²) in [6.45, 7) is 8.51. The van der Waals surface area contributed by atoms with E-state index in [2.05, 4.69) is 4.79 Å². The fourth-order valence-electron chi connectivity index (χ4n) is 0.867. The summed E-state index contributed by atoms with van der Waals surface area (Å²) in [7, 11) is 0. The lowest BCUT2D eigenvalue weighted by Crippen LogP contribution is -2.38. The summed E-state index contributed by atoms with van der Waals surface area (Å²) in [6, 6.07) is 0. The number of nitrogens with zero attached hydrogens (tertiary/aromatic N) is 2. The van der Waals surface area contributed by atoms with Gasteiger partial charge >= 0.3 is 11.7 Å². The molecule has 0 aliphatic carbocycles. The molecule has 0 aromatic carbocycles. The van der Waals surface area contributed by atoms with Crippen molar-refractivity contribution in [2.75, 3.05) is 0 Å². The summed E-state index contributed by atoms with van der Waals surface area (Å²) in [5.74, 6) is -1.02. The normalized spacial score (nSPS) is 13.3. The van der Waals surface area contributed by atoms with E-state index in [1.165, 1.54) is 0 Å².